The zero-order chi connectivity index (χ0) is 8.27. The van der Waals surface area contributed by atoms with Gasteiger partial charge in [0, 0.05) is 5.92 Å². The molecule has 0 saturated heterocycles. The van der Waals surface area contributed by atoms with Crippen molar-refractivity contribution in [1.82, 2.24) is 0 Å². The summed E-state index contributed by atoms with van der Waals surface area (Å²) in [5, 5.41) is 9.18. The molecule has 1 unspecified atom stereocenters. The van der Waals surface area contributed by atoms with E-state index in [4.69, 9.17) is 4.89 Å². The molecule has 1 aliphatic carbocycles. The van der Waals surface area contributed by atoms with E-state index in [1.165, 1.54) is 0 Å². The lowest BCUT2D eigenvalue weighted by atomic mass is 9.95. The molecule has 3 atom stereocenters. The molecule has 2 N–H and O–H groups in total. The molecule has 0 saturated carbocycles. The van der Waals surface area contributed by atoms with Gasteiger partial charge in [-0.05, 0) is 23.8 Å². The maximum Gasteiger partial charge on any atom is 0.537 e. The highest BCUT2D eigenvalue weighted by atomic mass is 31.1. The van der Waals surface area contributed by atoms with E-state index in [9.17, 15) is 9.67 Å². The van der Waals surface area contributed by atoms with Crippen LogP contribution in [0.5, 0.6) is 0 Å². The Kier molecular flexibility index (Phi) is 3.18. The first-order chi connectivity index (χ1) is 5.22. The molecule has 0 aromatic heterocycles. The quantitative estimate of drug-likeness (QED) is 0.492. The maximum atomic E-state index is 10.5. The lowest BCUT2D eigenvalue weighted by Gasteiger charge is -2.14. The molecule has 0 amide bonds. The van der Waals surface area contributed by atoms with Crippen LogP contribution in [0.15, 0.2) is 12.2 Å². The van der Waals surface area contributed by atoms with E-state index in [0.29, 0.717) is 0 Å². The van der Waals surface area contributed by atoms with Crippen molar-refractivity contribution in [1.29, 1.82) is 0 Å². The molecular weight excluding hydrogens is 163 g/mol. The molecule has 0 bridgehead atoms. The summed E-state index contributed by atoms with van der Waals surface area (Å²) in [4.78, 5) is 8.61. The van der Waals surface area contributed by atoms with E-state index in [1.807, 2.05) is 12.2 Å². The summed E-state index contributed by atoms with van der Waals surface area (Å²) in [6, 6.07) is 0. The number of allylic oxidation sites excluding steroid dienone is 2. The fourth-order valence-electron chi connectivity index (χ4n) is 1.27. The summed E-state index contributed by atoms with van der Waals surface area (Å²) in [5.74, 6) is -1.05. The largest absolute Gasteiger partial charge is 0.537 e. The standard InChI is InChI=1S/C7H11O3P/c8-7(11(9)10)6-4-2-1-3-5-6/h1-2,6-8H,3-5H2/p+1/t6-,7-/m0/s1. The van der Waals surface area contributed by atoms with Crippen molar-refractivity contribution in [3.63, 3.8) is 0 Å². The second-order valence-electron chi connectivity index (χ2n) is 2.76. The predicted octanol–water partition coefficient (Wildman–Crippen LogP) is 1.40. The van der Waals surface area contributed by atoms with Gasteiger partial charge in [-0.15, -0.1) is 0 Å². The van der Waals surface area contributed by atoms with Crippen LogP contribution in [0.2, 0.25) is 0 Å². The molecule has 0 spiro atoms. The van der Waals surface area contributed by atoms with Gasteiger partial charge >= 0.3 is 8.03 Å². The van der Waals surface area contributed by atoms with Crippen LogP contribution in [0.25, 0.3) is 0 Å². The van der Waals surface area contributed by atoms with Crippen molar-refractivity contribution < 1.29 is 14.6 Å². The number of hydrogen-bond donors (Lipinski definition) is 2. The molecule has 11 heavy (non-hydrogen) atoms. The smallest absolute Gasteiger partial charge is 0.348 e. The zero-order valence-corrected chi connectivity index (χ0v) is 7.08. The molecule has 1 aliphatic rings. The van der Waals surface area contributed by atoms with E-state index in [-0.39, 0.29) is 5.92 Å². The zero-order valence-electron chi connectivity index (χ0n) is 6.18. The first-order valence-electron chi connectivity index (χ1n) is 3.70. The summed E-state index contributed by atoms with van der Waals surface area (Å²) >= 11 is 0. The van der Waals surface area contributed by atoms with Gasteiger partial charge in [-0.25, -0.2) is 0 Å². The highest BCUT2D eigenvalue weighted by Gasteiger charge is 2.34. The summed E-state index contributed by atoms with van der Waals surface area (Å²) in [5.41, 5.74) is 0. The topological polar surface area (TPSA) is 57.5 Å². The van der Waals surface area contributed by atoms with E-state index >= 15 is 0 Å². The van der Waals surface area contributed by atoms with Gasteiger partial charge in [0.15, 0.2) is 0 Å². The Morgan fingerprint density at radius 2 is 2.27 bits per heavy atom. The lowest BCUT2D eigenvalue weighted by molar-refractivity contribution is 0.164. The van der Waals surface area contributed by atoms with Gasteiger partial charge in [0.05, 0.1) is 0 Å². The highest BCUT2D eigenvalue weighted by Crippen LogP contribution is 2.33. The third-order valence-electron chi connectivity index (χ3n) is 1.96. The van der Waals surface area contributed by atoms with Crippen molar-refractivity contribution in [3.05, 3.63) is 12.2 Å². The average Bonchev–Trinajstić information content (AvgIpc) is 2.05. The molecule has 0 aliphatic heterocycles. The van der Waals surface area contributed by atoms with Gasteiger partial charge in [0.2, 0.25) is 0 Å². The van der Waals surface area contributed by atoms with Gasteiger partial charge in [-0.1, -0.05) is 12.2 Å². The van der Waals surface area contributed by atoms with Gasteiger partial charge < -0.3 is 5.11 Å². The third-order valence-corrected chi connectivity index (χ3v) is 2.83. The molecule has 0 aromatic carbocycles. The number of aliphatic hydroxyl groups excluding tert-OH is 1. The van der Waals surface area contributed by atoms with Crippen LogP contribution in [0.4, 0.5) is 0 Å². The molecule has 0 fully saturated rings. The van der Waals surface area contributed by atoms with Crippen molar-refractivity contribution >= 4 is 8.03 Å². The van der Waals surface area contributed by atoms with Crippen LogP contribution < -0.4 is 0 Å². The Bertz CT molecular complexity index is 179. The molecule has 0 radical (unpaired) electrons. The fraction of sp³-hybridized carbons (Fsp3) is 0.714. The van der Waals surface area contributed by atoms with Crippen LogP contribution in [0, 0.1) is 5.92 Å². The summed E-state index contributed by atoms with van der Waals surface area (Å²) in [6.07, 6.45) is 6.44. The summed E-state index contributed by atoms with van der Waals surface area (Å²) < 4.78 is 10.5. The molecule has 1 rings (SSSR count). The van der Waals surface area contributed by atoms with Crippen molar-refractivity contribution in [3.8, 4) is 0 Å². The second-order valence-corrected chi connectivity index (χ2v) is 3.89. The Balaban J connectivity index is 2.46. The first-order valence-corrected chi connectivity index (χ1v) is 4.98. The fourth-order valence-corrected chi connectivity index (χ4v) is 1.90. The maximum absolute atomic E-state index is 10.5. The summed E-state index contributed by atoms with van der Waals surface area (Å²) in [6.45, 7) is 0. The molecule has 4 heteroatoms. The van der Waals surface area contributed by atoms with Crippen LogP contribution in [-0.4, -0.2) is 15.8 Å². The van der Waals surface area contributed by atoms with E-state index in [0.717, 1.165) is 19.3 Å². The third kappa shape index (κ3) is 2.37. The van der Waals surface area contributed by atoms with Crippen molar-refractivity contribution in [2.45, 2.75) is 25.1 Å². The summed E-state index contributed by atoms with van der Waals surface area (Å²) in [7, 11) is -2.41. The van der Waals surface area contributed by atoms with Crippen LogP contribution >= 0.6 is 8.03 Å². The molecule has 3 nitrogen and oxygen atoms in total. The highest BCUT2D eigenvalue weighted by molar-refractivity contribution is 7.38. The van der Waals surface area contributed by atoms with Crippen LogP contribution in [-0.2, 0) is 4.57 Å². The Morgan fingerprint density at radius 3 is 2.73 bits per heavy atom. The number of hydrogen-bond acceptors (Lipinski definition) is 2. The number of rotatable bonds is 2. The monoisotopic (exact) mass is 175 g/mol. The molecule has 0 aromatic rings. The Morgan fingerprint density at radius 1 is 1.55 bits per heavy atom. The predicted molar refractivity (Wildman–Crippen MR) is 42.3 cm³/mol. The number of aliphatic hydroxyl groups is 1. The minimum absolute atomic E-state index is 0.0198. The first kappa shape index (κ1) is 8.85. The lowest BCUT2D eigenvalue weighted by Crippen LogP contribution is -2.17. The average molecular weight is 175 g/mol. The Hall–Kier alpha value is -0.240. The van der Waals surface area contributed by atoms with Crippen LogP contribution in [0.3, 0.4) is 0 Å². The van der Waals surface area contributed by atoms with Gasteiger partial charge in [-0.2, -0.15) is 4.89 Å². The molecule has 62 valence electrons. The minimum Gasteiger partial charge on any atom is -0.348 e. The van der Waals surface area contributed by atoms with Gasteiger partial charge in [-0.3, -0.25) is 0 Å². The second kappa shape index (κ2) is 3.96. The van der Waals surface area contributed by atoms with Gasteiger partial charge in [0.1, 0.15) is 0 Å². The van der Waals surface area contributed by atoms with Gasteiger partial charge in [0.25, 0.3) is 5.85 Å². The van der Waals surface area contributed by atoms with E-state index in [2.05, 4.69) is 0 Å². The normalized spacial score (nSPS) is 28.2. The SMILES string of the molecule is O=[P+](O)[C@H](O)[C@H]1CC=CCC1. The molecular formula is C7H12O3P+. The van der Waals surface area contributed by atoms with Crippen molar-refractivity contribution in [2.24, 2.45) is 5.92 Å². The Labute approximate surface area is 66.6 Å². The minimum atomic E-state index is -2.41. The molecule has 0 heterocycles. The van der Waals surface area contributed by atoms with Crippen LogP contribution in [0.1, 0.15) is 19.3 Å². The van der Waals surface area contributed by atoms with E-state index in [1.54, 1.807) is 0 Å². The van der Waals surface area contributed by atoms with Crippen molar-refractivity contribution in [2.75, 3.05) is 0 Å². The van der Waals surface area contributed by atoms with E-state index < -0.39 is 13.9 Å².